The van der Waals surface area contributed by atoms with Gasteiger partial charge >= 0.3 is 0 Å². The van der Waals surface area contributed by atoms with E-state index in [-0.39, 0.29) is 0 Å². The molecule has 0 spiro atoms. The Hall–Kier alpha value is -1.10. The Morgan fingerprint density at radius 1 is 1.55 bits per heavy atom. The molecule has 0 bridgehead atoms. The normalized spacial score (nSPS) is 10.6. The molecule has 11 heavy (non-hydrogen) atoms. The molecule has 0 saturated carbocycles. The molecule has 0 unspecified atom stereocenters. The molecule has 0 aliphatic carbocycles. The molecule has 0 aliphatic rings. The predicted molar refractivity (Wildman–Crippen MR) is 45.1 cm³/mol. The predicted octanol–water partition coefficient (Wildman–Crippen LogP) is 1.07. The second-order valence-corrected chi connectivity index (χ2v) is 3.00. The van der Waals surface area contributed by atoms with E-state index >= 15 is 0 Å². The number of fused-ring (bicyclic) bond motifs is 1. The van der Waals surface area contributed by atoms with Crippen LogP contribution in [0.1, 0.15) is 0 Å². The van der Waals surface area contributed by atoms with Crippen LogP contribution in [0.25, 0.3) is 5.65 Å². The van der Waals surface area contributed by atoms with Crippen LogP contribution in [-0.4, -0.2) is 14.6 Å². The van der Waals surface area contributed by atoms with Gasteiger partial charge in [0.2, 0.25) is 0 Å². The third kappa shape index (κ3) is 0.970. The van der Waals surface area contributed by atoms with Crippen molar-refractivity contribution in [1.82, 2.24) is 14.6 Å². The van der Waals surface area contributed by atoms with E-state index < -0.39 is 0 Å². The van der Waals surface area contributed by atoms with E-state index in [0.717, 1.165) is 10.1 Å². The van der Waals surface area contributed by atoms with E-state index in [1.54, 1.807) is 16.8 Å². The molecule has 2 aromatic heterocycles. The summed E-state index contributed by atoms with van der Waals surface area (Å²) in [5.74, 6) is 0. The van der Waals surface area contributed by atoms with Crippen molar-refractivity contribution in [2.24, 2.45) is 0 Å². The summed E-state index contributed by atoms with van der Waals surface area (Å²) in [6.07, 6.45) is 3.20. The lowest BCUT2D eigenvalue weighted by molar-refractivity contribution is 0.961. The van der Waals surface area contributed by atoms with Crippen LogP contribution in [0.15, 0.2) is 23.1 Å². The second kappa shape index (κ2) is 2.20. The average Bonchev–Trinajstić information content (AvgIpc) is 2.34. The molecule has 0 amide bonds. The van der Waals surface area contributed by atoms with E-state index in [4.69, 9.17) is 5.73 Å². The lowest BCUT2D eigenvalue weighted by atomic mass is 10.4. The minimum absolute atomic E-state index is 0.662. The number of aromatic nitrogens is 3. The summed E-state index contributed by atoms with van der Waals surface area (Å²) < 4.78 is 2.48. The SMILES string of the molecule is Nc1cc(Br)c2ncnn2c1. The van der Waals surface area contributed by atoms with Gasteiger partial charge in [0.15, 0.2) is 5.65 Å². The van der Waals surface area contributed by atoms with Gasteiger partial charge in [0.25, 0.3) is 0 Å². The molecule has 4 nitrogen and oxygen atoms in total. The zero-order chi connectivity index (χ0) is 7.84. The maximum Gasteiger partial charge on any atom is 0.169 e. The van der Waals surface area contributed by atoms with Crippen molar-refractivity contribution in [3.63, 3.8) is 0 Å². The van der Waals surface area contributed by atoms with Gasteiger partial charge < -0.3 is 5.73 Å². The largest absolute Gasteiger partial charge is 0.397 e. The fourth-order valence-electron chi connectivity index (χ4n) is 0.905. The molecule has 5 heteroatoms. The fraction of sp³-hybridized carbons (Fsp3) is 0. The number of halogens is 1. The van der Waals surface area contributed by atoms with E-state index in [1.165, 1.54) is 6.33 Å². The summed E-state index contributed by atoms with van der Waals surface area (Å²) in [4.78, 5) is 4.01. The minimum Gasteiger partial charge on any atom is -0.397 e. The molecular weight excluding hydrogens is 208 g/mol. The van der Waals surface area contributed by atoms with Crippen molar-refractivity contribution in [1.29, 1.82) is 0 Å². The van der Waals surface area contributed by atoms with E-state index in [1.807, 2.05) is 0 Å². The Bertz CT molecular complexity index is 394. The first-order valence-corrected chi connectivity index (χ1v) is 3.81. The molecule has 2 aromatic rings. The van der Waals surface area contributed by atoms with Crippen LogP contribution in [0.4, 0.5) is 5.69 Å². The van der Waals surface area contributed by atoms with E-state index in [0.29, 0.717) is 5.69 Å². The van der Waals surface area contributed by atoms with E-state index in [2.05, 4.69) is 26.0 Å². The minimum atomic E-state index is 0.662. The fourth-order valence-corrected chi connectivity index (χ4v) is 1.45. The molecule has 2 rings (SSSR count). The number of nitrogens with two attached hydrogens (primary N) is 1. The lowest BCUT2D eigenvalue weighted by Crippen LogP contribution is -1.92. The highest BCUT2D eigenvalue weighted by Crippen LogP contribution is 2.17. The Balaban J connectivity index is 2.91. The molecule has 0 saturated heterocycles. The van der Waals surface area contributed by atoms with Gasteiger partial charge in [-0.1, -0.05) is 0 Å². The number of hydrogen-bond donors (Lipinski definition) is 1. The first-order chi connectivity index (χ1) is 5.27. The van der Waals surface area contributed by atoms with Crippen LogP contribution in [0.5, 0.6) is 0 Å². The number of hydrogen-bond acceptors (Lipinski definition) is 3. The third-order valence-corrected chi connectivity index (χ3v) is 1.93. The van der Waals surface area contributed by atoms with Gasteiger partial charge in [-0.15, -0.1) is 0 Å². The summed E-state index contributed by atoms with van der Waals surface area (Å²) >= 11 is 3.32. The van der Waals surface area contributed by atoms with Crippen molar-refractivity contribution in [2.45, 2.75) is 0 Å². The summed E-state index contributed by atoms with van der Waals surface area (Å²) in [6.45, 7) is 0. The number of nitrogens with zero attached hydrogens (tertiary/aromatic N) is 3. The van der Waals surface area contributed by atoms with Crippen LogP contribution >= 0.6 is 15.9 Å². The highest BCUT2D eigenvalue weighted by molar-refractivity contribution is 9.10. The number of anilines is 1. The Morgan fingerprint density at radius 3 is 3.18 bits per heavy atom. The Kier molecular flexibility index (Phi) is 1.32. The van der Waals surface area contributed by atoms with Crippen LogP contribution in [-0.2, 0) is 0 Å². The quantitative estimate of drug-likeness (QED) is 0.712. The number of nitrogen functional groups attached to an aromatic ring is 1. The van der Waals surface area contributed by atoms with Crippen LogP contribution in [0, 0.1) is 0 Å². The van der Waals surface area contributed by atoms with Gasteiger partial charge in [0, 0.05) is 0 Å². The van der Waals surface area contributed by atoms with Gasteiger partial charge in [-0.3, -0.25) is 0 Å². The van der Waals surface area contributed by atoms with Gasteiger partial charge in [-0.25, -0.2) is 9.50 Å². The first-order valence-electron chi connectivity index (χ1n) is 3.02. The second-order valence-electron chi connectivity index (χ2n) is 2.15. The molecule has 0 radical (unpaired) electrons. The number of rotatable bonds is 0. The van der Waals surface area contributed by atoms with Crippen LogP contribution in [0.3, 0.4) is 0 Å². The summed E-state index contributed by atoms with van der Waals surface area (Å²) in [5, 5.41) is 3.94. The molecule has 56 valence electrons. The maximum atomic E-state index is 5.57. The Morgan fingerprint density at radius 2 is 2.36 bits per heavy atom. The van der Waals surface area contributed by atoms with Gasteiger partial charge in [0.05, 0.1) is 16.4 Å². The number of pyridine rings is 1. The zero-order valence-corrected chi connectivity index (χ0v) is 7.12. The molecule has 2 heterocycles. The van der Waals surface area contributed by atoms with Crippen molar-refractivity contribution in [2.75, 3.05) is 5.73 Å². The summed E-state index contributed by atoms with van der Waals surface area (Å²) in [6, 6.07) is 1.80. The van der Waals surface area contributed by atoms with Crippen molar-refractivity contribution in [3.8, 4) is 0 Å². The lowest BCUT2D eigenvalue weighted by Gasteiger charge is -1.96. The maximum absolute atomic E-state index is 5.57. The molecule has 0 aliphatic heterocycles. The summed E-state index contributed by atoms with van der Waals surface area (Å²) in [5.41, 5.74) is 7.00. The zero-order valence-electron chi connectivity index (χ0n) is 5.53. The summed E-state index contributed by atoms with van der Waals surface area (Å²) in [7, 11) is 0. The third-order valence-electron chi connectivity index (χ3n) is 1.35. The standard InChI is InChI=1S/C6H5BrN4/c7-5-1-4(8)2-11-6(5)9-3-10-11/h1-3H,8H2. The van der Waals surface area contributed by atoms with Gasteiger partial charge in [-0.2, -0.15) is 5.10 Å². The van der Waals surface area contributed by atoms with Crippen molar-refractivity contribution in [3.05, 3.63) is 23.1 Å². The van der Waals surface area contributed by atoms with Gasteiger partial charge in [0.1, 0.15) is 6.33 Å². The average molecular weight is 213 g/mol. The van der Waals surface area contributed by atoms with Crippen molar-refractivity contribution < 1.29 is 0 Å². The molecule has 0 fully saturated rings. The van der Waals surface area contributed by atoms with Crippen LogP contribution < -0.4 is 5.73 Å². The topological polar surface area (TPSA) is 56.2 Å². The molecule has 2 N–H and O–H groups in total. The highest BCUT2D eigenvalue weighted by Gasteiger charge is 2.00. The molecule has 0 aromatic carbocycles. The highest BCUT2D eigenvalue weighted by atomic mass is 79.9. The molecular formula is C6H5BrN4. The monoisotopic (exact) mass is 212 g/mol. The van der Waals surface area contributed by atoms with Gasteiger partial charge in [-0.05, 0) is 22.0 Å². The molecule has 0 atom stereocenters. The van der Waals surface area contributed by atoms with E-state index in [9.17, 15) is 0 Å². The van der Waals surface area contributed by atoms with Crippen LogP contribution in [0.2, 0.25) is 0 Å². The first kappa shape index (κ1) is 6.60. The Labute approximate surface area is 71.2 Å². The van der Waals surface area contributed by atoms with Crippen molar-refractivity contribution >= 4 is 27.3 Å². The smallest absolute Gasteiger partial charge is 0.169 e.